The van der Waals surface area contributed by atoms with Crippen molar-refractivity contribution in [3.63, 3.8) is 0 Å². The standard InChI is InChI=1S/C12H15N3O2S/c1-18-7-3-2-6-14-11-5-4-10(9-13)8-12(11)15(16)17/h4-5,8,14H,2-3,6-7H2,1H3. The van der Waals surface area contributed by atoms with Crippen LogP contribution in [-0.2, 0) is 0 Å². The molecule has 0 saturated heterocycles. The Hall–Kier alpha value is -1.74. The van der Waals surface area contributed by atoms with E-state index in [0.717, 1.165) is 18.6 Å². The lowest BCUT2D eigenvalue weighted by Crippen LogP contribution is -2.04. The largest absolute Gasteiger partial charge is 0.379 e. The minimum atomic E-state index is -0.467. The lowest BCUT2D eigenvalue weighted by atomic mass is 10.2. The van der Waals surface area contributed by atoms with Crippen molar-refractivity contribution in [2.24, 2.45) is 0 Å². The van der Waals surface area contributed by atoms with Crippen LogP contribution in [0.2, 0.25) is 0 Å². The number of hydrogen-bond donors (Lipinski definition) is 1. The lowest BCUT2D eigenvalue weighted by molar-refractivity contribution is -0.384. The minimum Gasteiger partial charge on any atom is -0.379 e. The Morgan fingerprint density at radius 2 is 2.28 bits per heavy atom. The van der Waals surface area contributed by atoms with Crippen molar-refractivity contribution < 1.29 is 4.92 Å². The van der Waals surface area contributed by atoms with Crippen LogP contribution in [0.4, 0.5) is 11.4 Å². The van der Waals surface area contributed by atoms with Gasteiger partial charge in [-0.05, 0) is 37.0 Å². The lowest BCUT2D eigenvalue weighted by Gasteiger charge is -2.06. The molecule has 1 aromatic carbocycles. The van der Waals surface area contributed by atoms with E-state index in [9.17, 15) is 10.1 Å². The minimum absolute atomic E-state index is 0.0427. The quantitative estimate of drug-likeness (QED) is 0.465. The predicted octanol–water partition coefficient (Wildman–Crippen LogP) is 3.02. The monoisotopic (exact) mass is 265 g/mol. The number of nitro benzene ring substituents is 1. The molecule has 0 aliphatic rings. The highest BCUT2D eigenvalue weighted by atomic mass is 32.2. The summed E-state index contributed by atoms with van der Waals surface area (Å²) in [6, 6.07) is 6.36. The molecule has 96 valence electrons. The number of nitriles is 1. The van der Waals surface area contributed by atoms with Crippen molar-refractivity contribution in [1.82, 2.24) is 0 Å². The van der Waals surface area contributed by atoms with Crippen LogP contribution in [0.5, 0.6) is 0 Å². The molecule has 0 aliphatic heterocycles. The summed E-state index contributed by atoms with van der Waals surface area (Å²) in [7, 11) is 0. The van der Waals surface area contributed by atoms with Crippen molar-refractivity contribution >= 4 is 23.1 Å². The van der Waals surface area contributed by atoms with Crippen LogP contribution in [0.15, 0.2) is 18.2 Å². The van der Waals surface area contributed by atoms with Crippen LogP contribution in [0.25, 0.3) is 0 Å². The van der Waals surface area contributed by atoms with Crippen LogP contribution < -0.4 is 5.32 Å². The zero-order valence-corrected chi connectivity index (χ0v) is 11.0. The van der Waals surface area contributed by atoms with Crippen LogP contribution in [-0.4, -0.2) is 23.5 Å². The van der Waals surface area contributed by atoms with Gasteiger partial charge in [-0.1, -0.05) is 0 Å². The van der Waals surface area contributed by atoms with E-state index in [2.05, 4.69) is 11.6 Å². The summed E-state index contributed by atoms with van der Waals surface area (Å²) in [5.41, 5.74) is 0.733. The zero-order valence-electron chi connectivity index (χ0n) is 10.2. The predicted molar refractivity (Wildman–Crippen MR) is 73.9 cm³/mol. The maximum Gasteiger partial charge on any atom is 0.293 e. The van der Waals surface area contributed by atoms with Gasteiger partial charge in [0.1, 0.15) is 5.69 Å². The van der Waals surface area contributed by atoms with Crippen molar-refractivity contribution in [1.29, 1.82) is 5.26 Å². The Morgan fingerprint density at radius 1 is 1.50 bits per heavy atom. The normalized spacial score (nSPS) is 9.78. The molecule has 0 radical (unpaired) electrons. The number of thioether (sulfide) groups is 1. The smallest absolute Gasteiger partial charge is 0.293 e. The van der Waals surface area contributed by atoms with Gasteiger partial charge in [-0.15, -0.1) is 0 Å². The SMILES string of the molecule is CSCCCCNc1ccc(C#N)cc1[N+](=O)[O-]. The summed E-state index contributed by atoms with van der Waals surface area (Å²) in [6.45, 7) is 0.702. The molecule has 0 fully saturated rings. The van der Waals surface area contributed by atoms with Crippen molar-refractivity contribution in [2.75, 3.05) is 23.9 Å². The molecule has 0 atom stereocenters. The van der Waals surface area contributed by atoms with E-state index in [1.54, 1.807) is 23.9 Å². The fraction of sp³-hybridized carbons (Fsp3) is 0.417. The van der Waals surface area contributed by atoms with Gasteiger partial charge in [0.25, 0.3) is 5.69 Å². The van der Waals surface area contributed by atoms with Crippen molar-refractivity contribution in [3.05, 3.63) is 33.9 Å². The molecule has 0 bridgehead atoms. The molecular weight excluding hydrogens is 250 g/mol. The molecule has 0 unspecified atom stereocenters. The van der Waals surface area contributed by atoms with Gasteiger partial charge in [-0.2, -0.15) is 17.0 Å². The molecule has 0 aromatic heterocycles. The van der Waals surface area contributed by atoms with Crippen LogP contribution >= 0.6 is 11.8 Å². The average molecular weight is 265 g/mol. The number of nitrogens with zero attached hydrogens (tertiary/aromatic N) is 2. The summed E-state index contributed by atoms with van der Waals surface area (Å²) >= 11 is 1.79. The van der Waals surface area contributed by atoms with Gasteiger partial charge in [-0.3, -0.25) is 10.1 Å². The third-order valence-electron chi connectivity index (χ3n) is 2.41. The van der Waals surface area contributed by atoms with Gasteiger partial charge in [0.15, 0.2) is 0 Å². The third-order valence-corrected chi connectivity index (χ3v) is 3.11. The first-order chi connectivity index (χ1) is 8.69. The van der Waals surface area contributed by atoms with E-state index >= 15 is 0 Å². The number of nitrogens with one attached hydrogen (secondary N) is 1. The number of unbranched alkanes of at least 4 members (excludes halogenated alkanes) is 1. The van der Waals surface area contributed by atoms with E-state index in [0.29, 0.717) is 17.8 Å². The third kappa shape index (κ3) is 4.26. The van der Waals surface area contributed by atoms with E-state index in [-0.39, 0.29) is 5.69 Å². The highest BCUT2D eigenvalue weighted by Crippen LogP contribution is 2.25. The van der Waals surface area contributed by atoms with Crippen LogP contribution in [0.3, 0.4) is 0 Å². The van der Waals surface area contributed by atoms with E-state index in [1.165, 1.54) is 6.07 Å². The summed E-state index contributed by atoms with van der Waals surface area (Å²) in [5, 5.41) is 22.6. The molecule has 0 amide bonds. The van der Waals surface area contributed by atoms with E-state index < -0.39 is 4.92 Å². The second kappa shape index (κ2) is 7.56. The average Bonchev–Trinajstić information content (AvgIpc) is 2.38. The second-order valence-electron chi connectivity index (χ2n) is 3.73. The first-order valence-corrected chi connectivity index (χ1v) is 6.99. The first kappa shape index (κ1) is 14.3. The Bertz CT molecular complexity index is 457. The fourth-order valence-electron chi connectivity index (χ4n) is 1.50. The fourth-order valence-corrected chi connectivity index (χ4v) is 1.99. The van der Waals surface area contributed by atoms with Gasteiger partial charge in [-0.25, -0.2) is 0 Å². The highest BCUT2D eigenvalue weighted by molar-refractivity contribution is 7.98. The van der Waals surface area contributed by atoms with Crippen LogP contribution in [0, 0.1) is 21.4 Å². The molecule has 6 heteroatoms. The topological polar surface area (TPSA) is 79.0 Å². The van der Waals surface area contributed by atoms with Gasteiger partial charge in [0, 0.05) is 12.6 Å². The maximum atomic E-state index is 10.9. The number of rotatable bonds is 7. The van der Waals surface area contributed by atoms with Crippen molar-refractivity contribution in [3.8, 4) is 6.07 Å². The van der Waals surface area contributed by atoms with Gasteiger partial charge >= 0.3 is 0 Å². The molecular formula is C12H15N3O2S. The molecule has 0 aliphatic carbocycles. The van der Waals surface area contributed by atoms with Crippen molar-refractivity contribution in [2.45, 2.75) is 12.8 Å². The van der Waals surface area contributed by atoms with Gasteiger partial charge in [0.2, 0.25) is 0 Å². The van der Waals surface area contributed by atoms with Gasteiger partial charge < -0.3 is 5.32 Å². The Labute approximate surface area is 110 Å². The molecule has 18 heavy (non-hydrogen) atoms. The molecule has 0 heterocycles. The molecule has 1 aromatic rings. The summed E-state index contributed by atoms with van der Waals surface area (Å²) < 4.78 is 0. The maximum absolute atomic E-state index is 10.9. The molecule has 0 spiro atoms. The highest BCUT2D eigenvalue weighted by Gasteiger charge is 2.13. The Morgan fingerprint density at radius 3 is 2.89 bits per heavy atom. The first-order valence-electron chi connectivity index (χ1n) is 5.60. The molecule has 1 rings (SSSR count). The number of nitro groups is 1. The van der Waals surface area contributed by atoms with E-state index in [4.69, 9.17) is 5.26 Å². The summed E-state index contributed by atoms with van der Waals surface area (Å²) in [4.78, 5) is 10.4. The van der Waals surface area contributed by atoms with E-state index in [1.807, 2.05) is 6.07 Å². The summed E-state index contributed by atoms with van der Waals surface area (Å²) in [5.74, 6) is 1.09. The number of hydrogen-bond acceptors (Lipinski definition) is 5. The molecule has 1 N–H and O–H groups in total. The van der Waals surface area contributed by atoms with Gasteiger partial charge in [0.05, 0.1) is 16.6 Å². The Balaban J connectivity index is 2.65. The second-order valence-corrected chi connectivity index (χ2v) is 4.71. The number of benzene rings is 1. The Kier molecular flexibility index (Phi) is 6.01. The number of anilines is 1. The molecule has 0 saturated carbocycles. The van der Waals surface area contributed by atoms with Crippen LogP contribution in [0.1, 0.15) is 18.4 Å². The summed E-state index contributed by atoms with van der Waals surface area (Å²) in [6.07, 6.45) is 4.11. The molecule has 5 nitrogen and oxygen atoms in total. The zero-order chi connectivity index (χ0) is 13.4.